The molecule has 1 aromatic carbocycles. The predicted octanol–water partition coefficient (Wildman–Crippen LogP) is 3.68. The van der Waals surface area contributed by atoms with Gasteiger partial charge in [-0.15, -0.1) is 23.1 Å². The number of hydrogen-bond donors (Lipinski definition) is 2. The molecule has 0 saturated heterocycles. The molecule has 2 heterocycles. The monoisotopic (exact) mass is 420 g/mol. The lowest BCUT2D eigenvalue weighted by molar-refractivity contribution is -0.120. The summed E-state index contributed by atoms with van der Waals surface area (Å²) < 4.78 is 10.2. The Hall–Kier alpha value is -2.52. The molecule has 0 saturated carbocycles. The molecule has 0 radical (unpaired) electrons. The first-order chi connectivity index (χ1) is 13.4. The number of thioether (sulfide) groups is 1. The van der Waals surface area contributed by atoms with Crippen molar-refractivity contribution >= 4 is 51.6 Å². The quantitative estimate of drug-likeness (QED) is 0.693. The number of carbonyl (C=O) groups excluding carboxylic acids is 3. The molecular weight excluding hydrogens is 400 g/mol. The number of rotatable bonds is 6. The van der Waals surface area contributed by atoms with Crippen molar-refractivity contribution in [1.29, 1.82) is 0 Å². The van der Waals surface area contributed by atoms with Crippen molar-refractivity contribution in [2.45, 2.75) is 30.4 Å². The third-order valence-corrected chi connectivity index (χ3v) is 6.19. The Morgan fingerprint density at radius 2 is 2.07 bits per heavy atom. The molecule has 148 valence electrons. The van der Waals surface area contributed by atoms with Gasteiger partial charge in [0.15, 0.2) is 0 Å². The van der Waals surface area contributed by atoms with Crippen molar-refractivity contribution in [2.75, 3.05) is 24.4 Å². The number of ether oxygens (including phenoxy) is 2. The van der Waals surface area contributed by atoms with E-state index in [0.717, 1.165) is 9.77 Å². The van der Waals surface area contributed by atoms with Crippen LogP contribution in [-0.2, 0) is 14.3 Å². The molecule has 9 heteroatoms. The molecule has 1 aromatic heterocycles. The number of anilines is 2. The Bertz CT molecular complexity index is 925. The van der Waals surface area contributed by atoms with Crippen LogP contribution in [0, 0.1) is 6.92 Å². The molecule has 0 spiro atoms. The number of amides is 2. The fourth-order valence-corrected chi connectivity index (χ4v) is 4.78. The van der Waals surface area contributed by atoms with E-state index in [0.29, 0.717) is 28.6 Å². The van der Waals surface area contributed by atoms with E-state index in [1.165, 1.54) is 30.2 Å². The first kappa shape index (κ1) is 20.2. The molecule has 3 rings (SSSR count). The average Bonchev–Trinajstić information content (AvgIpc) is 3.02. The molecule has 2 N–H and O–H groups in total. The van der Waals surface area contributed by atoms with E-state index >= 15 is 0 Å². The molecule has 7 nitrogen and oxygen atoms in total. The minimum Gasteiger partial charge on any atom is -0.494 e. The molecule has 0 unspecified atom stereocenters. The van der Waals surface area contributed by atoms with Crippen molar-refractivity contribution in [2.24, 2.45) is 0 Å². The van der Waals surface area contributed by atoms with Crippen molar-refractivity contribution in [3.63, 3.8) is 0 Å². The minimum atomic E-state index is -0.577. The van der Waals surface area contributed by atoms with Crippen LogP contribution >= 0.6 is 23.1 Å². The second-order valence-corrected chi connectivity index (χ2v) is 8.53. The van der Waals surface area contributed by atoms with E-state index in [9.17, 15) is 14.4 Å². The summed E-state index contributed by atoms with van der Waals surface area (Å²) in [5.41, 5.74) is 1.02. The van der Waals surface area contributed by atoms with E-state index in [1.54, 1.807) is 18.2 Å². The van der Waals surface area contributed by atoms with Crippen LogP contribution in [0.25, 0.3) is 0 Å². The van der Waals surface area contributed by atoms with Crippen molar-refractivity contribution in [3.8, 4) is 5.75 Å². The largest absolute Gasteiger partial charge is 0.494 e. The summed E-state index contributed by atoms with van der Waals surface area (Å²) in [6.07, 6.45) is -0.0215. The number of methoxy groups -OCH3 is 1. The third-order valence-electron chi connectivity index (χ3n) is 3.97. The molecule has 0 bridgehead atoms. The van der Waals surface area contributed by atoms with Gasteiger partial charge in [0.05, 0.1) is 30.2 Å². The zero-order valence-corrected chi connectivity index (χ0v) is 17.3. The van der Waals surface area contributed by atoms with E-state index in [2.05, 4.69) is 10.6 Å². The Morgan fingerprint density at radius 1 is 1.29 bits per heavy atom. The Morgan fingerprint density at radius 3 is 2.79 bits per heavy atom. The van der Waals surface area contributed by atoms with Gasteiger partial charge in [0, 0.05) is 16.2 Å². The van der Waals surface area contributed by atoms with Gasteiger partial charge in [-0.05, 0) is 38.1 Å². The lowest BCUT2D eigenvalue weighted by Crippen LogP contribution is -2.32. The molecule has 0 fully saturated rings. The number of esters is 1. The SMILES string of the molecule is CCOc1ccc2c(c1)S[C@H](CC(=O)Nc1sc(C)cc1C(=O)OC)C(=O)N2. The van der Waals surface area contributed by atoms with Gasteiger partial charge in [0.2, 0.25) is 11.8 Å². The van der Waals surface area contributed by atoms with Crippen molar-refractivity contribution in [3.05, 3.63) is 34.7 Å². The Labute approximate surface area is 170 Å². The van der Waals surface area contributed by atoms with E-state index in [4.69, 9.17) is 9.47 Å². The third kappa shape index (κ3) is 4.48. The van der Waals surface area contributed by atoms with Gasteiger partial charge in [-0.1, -0.05) is 0 Å². The van der Waals surface area contributed by atoms with Gasteiger partial charge in [-0.2, -0.15) is 0 Å². The molecule has 28 heavy (non-hydrogen) atoms. The Kier molecular flexibility index (Phi) is 6.25. The summed E-state index contributed by atoms with van der Waals surface area (Å²) in [5.74, 6) is -0.372. The molecule has 1 atom stereocenters. The number of benzene rings is 1. The highest BCUT2D eigenvalue weighted by atomic mass is 32.2. The second-order valence-electron chi connectivity index (χ2n) is 6.03. The van der Waals surface area contributed by atoms with Crippen LogP contribution in [-0.4, -0.2) is 36.8 Å². The van der Waals surface area contributed by atoms with Crippen LogP contribution in [0.1, 0.15) is 28.6 Å². The van der Waals surface area contributed by atoms with Crippen molar-refractivity contribution < 1.29 is 23.9 Å². The number of fused-ring (bicyclic) bond motifs is 1. The zero-order chi connectivity index (χ0) is 20.3. The lowest BCUT2D eigenvalue weighted by atomic mass is 10.2. The number of hydrogen-bond acceptors (Lipinski definition) is 7. The van der Waals surface area contributed by atoms with Gasteiger partial charge in [-0.25, -0.2) is 4.79 Å². The zero-order valence-electron chi connectivity index (χ0n) is 15.7. The van der Waals surface area contributed by atoms with Crippen LogP contribution in [0.4, 0.5) is 10.7 Å². The number of aryl methyl sites for hydroxylation is 1. The maximum Gasteiger partial charge on any atom is 0.340 e. The summed E-state index contributed by atoms with van der Waals surface area (Å²) in [6.45, 7) is 4.28. The number of thiophene rings is 1. The normalized spacial score (nSPS) is 15.4. The maximum atomic E-state index is 12.5. The fraction of sp³-hybridized carbons (Fsp3) is 0.316. The summed E-state index contributed by atoms with van der Waals surface area (Å²) in [4.78, 5) is 38.4. The highest BCUT2D eigenvalue weighted by Crippen LogP contribution is 2.39. The summed E-state index contributed by atoms with van der Waals surface area (Å²) >= 11 is 2.61. The predicted molar refractivity (Wildman–Crippen MR) is 110 cm³/mol. The fourth-order valence-electron chi connectivity index (χ4n) is 2.73. The van der Waals surface area contributed by atoms with Gasteiger partial charge in [0.25, 0.3) is 0 Å². The molecular formula is C19H20N2O5S2. The average molecular weight is 421 g/mol. The van der Waals surface area contributed by atoms with E-state index < -0.39 is 11.2 Å². The molecule has 0 aliphatic carbocycles. The Balaban J connectivity index is 1.70. The lowest BCUT2D eigenvalue weighted by Gasteiger charge is -2.24. The van der Waals surface area contributed by atoms with E-state index in [1.807, 2.05) is 19.9 Å². The summed E-state index contributed by atoms with van der Waals surface area (Å²) in [5, 5.41) is 5.40. The maximum absolute atomic E-state index is 12.5. The van der Waals surface area contributed by atoms with Gasteiger partial charge in [-0.3, -0.25) is 9.59 Å². The molecule has 2 aromatic rings. The van der Waals surface area contributed by atoms with Gasteiger partial charge < -0.3 is 20.1 Å². The summed E-state index contributed by atoms with van der Waals surface area (Å²) in [7, 11) is 1.29. The standard InChI is InChI=1S/C19H20N2O5S2/c1-4-26-11-5-6-13-14(8-11)28-15(17(23)20-13)9-16(22)21-18-12(19(24)25-3)7-10(2)27-18/h5-8,15H,4,9H2,1-3H3,(H,20,23)(H,21,22)/t15-/m1/s1. The van der Waals surface area contributed by atoms with Crippen LogP contribution < -0.4 is 15.4 Å². The van der Waals surface area contributed by atoms with E-state index in [-0.39, 0.29) is 18.2 Å². The molecule has 1 aliphatic rings. The topological polar surface area (TPSA) is 93.7 Å². The first-order valence-corrected chi connectivity index (χ1v) is 10.3. The minimum absolute atomic E-state index is 0.0215. The summed E-state index contributed by atoms with van der Waals surface area (Å²) in [6, 6.07) is 7.10. The van der Waals surface area contributed by atoms with Crippen LogP contribution in [0.2, 0.25) is 0 Å². The second kappa shape index (κ2) is 8.66. The number of nitrogens with one attached hydrogen (secondary N) is 2. The highest BCUT2D eigenvalue weighted by molar-refractivity contribution is 8.01. The van der Waals surface area contributed by atoms with Crippen LogP contribution in [0.15, 0.2) is 29.2 Å². The van der Waals surface area contributed by atoms with Crippen LogP contribution in [0.5, 0.6) is 5.75 Å². The molecule has 1 aliphatic heterocycles. The van der Waals surface area contributed by atoms with Gasteiger partial charge in [0.1, 0.15) is 10.8 Å². The molecule has 2 amide bonds. The van der Waals surface area contributed by atoms with Gasteiger partial charge >= 0.3 is 5.97 Å². The highest BCUT2D eigenvalue weighted by Gasteiger charge is 2.30. The van der Waals surface area contributed by atoms with Crippen molar-refractivity contribution in [1.82, 2.24) is 0 Å². The first-order valence-electron chi connectivity index (χ1n) is 8.64. The van der Waals surface area contributed by atoms with Crippen LogP contribution in [0.3, 0.4) is 0 Å². The number of carbonyl (C=O) groups is 3. The smallest absolute Gasteiger partial charge is 0.340 e.